The highest BCUT2D eigenvalue weighted by Gasteiger charge is 2.39. The van der Waals surface area contributed by atoms with Gasteiger partial charge in [0.15, 0.2) is 0 Å². The summed E-state index contributed by atoms with van der Waals surface area (Å²) < 4.78 is 6.57. The minimum Gasteiger partial charge on any atom is -0.455 e. The molecule has 0 radical (unpaired) electrons. The van der Waals surface area contributed by atoms with Gasteiger partial charge in [0.25, 0.3) is 11.5 Å². The Kier molecular flexibility index (Phi) is 8.74. The van der Waals surface area contributed by atoms with E-state index < -0.39 is 48.7 Å². The van der Waals surface area contributed by atoms with Crippen LogP contribution in [0.1, 0.15) is 44.6 Å². The summed E-state index contributed by atoms with van der Waals surface area (Å²) in [6, 6.07) is 17.7. The molecule has 2 aliphatic heterocycles. The van der Waals surface area contributed by atoms with E-state index in [2.05, 4.69) is 11.1 Å². The van der Waals surface area contributed by atoms with Gasteiger partial charge in [0.2, 0.25) is 6.17 Å². The van der Waals surface area contributed by atoms with Gasteiger partial charge < -0.3 is 35.8 Å². The van der Waals surface area contributed by atoms with Crippen LogP contribution in [0.4, 0.5) is 5.69 Å². The molecule has 244 valence electrons. The van der Waals surface area contributed by atoms with Gasteiger partial charge in [0.1, 0.15) is 30.2 Å². The van der Waals surface area contributed by atoms with Crippen LogP contribution < -0.4 is 16.2 Å². The van der Waals surface area contributed by atoms with Crippen LogP contribution in [0, 0.1) is 13.8 Å². The van der Waals surface area contributed by atoms with Crippen LogP contribution in [0.3, 0.4) is 0 Å². The molecule has 0 aliphatic carbocycles. The number of rotatable bonds is 9. The summed E-state index contributed by atoms with van der Waals surface area (Å²) in [6.07, 6.45) is -7.25. The molecular formula is C34H35N5O8. The molecule has 3 heterocycles. The normalized spacial score (nSPS) is 18.3. The number of benzene rings is 3. The second kappa shape index (κ2) is 12.8. The van der Waals surface area contributed by atoms with Crippen LogP contribution in [-0.4, -0.2) is 91.7 Å². The number of carbonyl (C=O) groups excluding carboxylic acids is 2. The van der Waals surface area contributed by atoms with Crippen LogP contribution in [0.2, 0.25) is 0 Å². The van der Waals surface area contributed by atoms with Crippen molar-refractivity contribution in [1.29, 1.82) is 0 Å². The maximum atomic E-state index is 14.2. The van der Waals surface area contributed by atoms with Gasteiger partial charge in [-0.25, -0.2) is 14.8 Å². The van der Waals surface area contributed by atoms with Gasteiger partial charge in [-0.05, 0) is 50.1 Å². The smallest absolute Gasteiger partial charge is 0.338 e. The molecule has 0 spiro atoms. The topological polar surface area (TPSA) is 201 Å². The highest BCUT2D eigenvalue weighted by Crippen LogP contribution is 2.39. The Morgan fingerprint density at radius 2 is 1.79 bits per heavy atom. The van der Waals surface area contributed by atoms with Gasteiger partial charge in [-0.1, -0.05) is 42.0 Å². The molecule has 3 aromatic carbocycles. The van der Waals surface area contributed by atoms with Crippen LogP contribution in [0.25, 0.3) is 10.9 Å². The number of nitrogens with zero attached hydrogens (tertiary/aromatic N) is 4. The van der Waals surface area contributed by atoms with E-state index in [1.54, 1.807) is 11.8 Å². The van der Waals surface area contributed by atoms with Crippen molar-refractivity contribution in [2.75, 3.05) is 24.6 Å². The monoisotopic (exact) mass is 641 g/mol. The average molecular weight is 642 g/mol. The van der Waals surface area contributed by atoms with Crippen molar-refractivity contribution in [3.8, 4) is 0 Å². The lowest BCUT2D eigenvalue weighted by Crippen LogP contribution is -2.50. The van der Waals surface area contributed by atoms with E-state index in [4.69, 9.17) is 20.6 Å². The molecule has 13 heteroatoms. The zero-order chi connectivity index (χ0) is 33.6. The van der Waals surface area contributed by atoms with Crippen molar-refractivity contribution in [3.63, 3.8) is 0 Å². The Hall–Kier alpha value is -4.79. The minimum atomic E-state index is -1.82. The second-order valence-electron chi connectivity index (χ2n) is 11.8. The van der Waals surface area contributed by atoms with E-state index in [-0.39, 0.29) is 34.7 Å². The average Bonchev–Trinajstić information content (AvgIpc) is 3.46. The Labute approximate surface area is 269 Å². The molecule has 13 nitrogen and oxygen atoms in total. The summed E-state index contributed by atoms with van der Waals surface area (Å²) in [5.41, 5.74) is 10.3. The summed E-state index contributed by atoms with van der Waals surface area (Å²) in [4.78, 5) is 52.5. The first-order chi connectivity index (χ1) is 22.5. The lowest BCUT2D eigenvalue weighted by molar-refractivity contribution is -0.121. The molecule has 5 atom stereocenters. The Morgan fingerprint density at radius 1 is 1.04 bits per heavy atom. The number of aliphatic imine (C=N–C) groups is 1. The van der Waals surface area contributed by atoms with Crippen molar-refractivity contribution in [2.45, 2.75) is 50.8 Å². The third kappa shape index (κ3) is 5.72. The number of aryl methyl sites for hydroxylation is 2. The molecule has 1 aromatic heterocycles. The van der Waals surface area contributed by atoms with Crippen LogP contribution in [0.5, 0.6) is 0 Å². The lowest BCUT2D eigenvalue weighted by atomic mass is 9.96. The first-order valence-electron chi connectivity index (χ1n) is 15.2. The molecule has 6 N–H and O–H groups in total. The zero-order valence-electron chi connectivity index (χ0n) is 25.8. The first-order valence-corrected chi connectivity index (χ1v) is 15.2. The van der Waals surface area contributed by atoms with E-state index in [1.165, 1.54) is 22.8 Å². The summed E-state index contributed by atoms with van der Waals surface area (Å²) in [6.45, 7) is 2.83. The number of anilines is 1. The van der Waals surface area contributed by atoms with E-state index in [0.29, 0.717) is 18.7 Å². The quantitative estimate of drug-likeness (QED) is 0.160. The molecule has 0 fully saturated rings. The van der Waals surface area contributed by atoms with Crippen molar-refractivity contribution < 1.29 is 34.8 Å². The van der Waals surface area contributed by atoms with E-state index in [1.807, 2.05) is 43.3 Å². The Morgan fingerprint density at radius 3 is 2.49 bits per heavy atom. The number of fused-ring (bicyclic) bond motifs is 1. The third-order valence-electron chi connectivity index (χ3n) is 8.61. The standard InChI is InChI=1S/C34H35N5O8/c1-17-12-20-10-11-38-28(20)23(13-17)27(19-6-4-3-5-7-19)37-31(33(38)45)39-18(2)36-24-14-21(8-9-22(24)32(39)44)34(46)47-26(15-35)30(43)29(42)25(41)16-40/h3-9,12-14,25-26,29-31,40-43H,10-11,15-16,35H2,1-2H3/t25-,26+,29-,30-,31?/m1/s1. The number of ether oxygens (including phenoxy) is 1. The van der Waals surface area contributed by atoms with E-state index in [0.717, 1.165) is 27.9 Å². The molecule has 1 amide bonds. The van der Waals surface area contributed by atoms with Crippen molar-refractivity contribution in [1.82, 2.24) is 9.55 Å². The van der Waals surface area contributed by atoms with Crippen LogP contribution in [-0.2, 0) is 16.0 Å². The van der Waals surface area contributed by atoms with Crippen molar-refractivity contribution in [3.05, 3.63) is 105 Å². The number of carbonyl (C=O) groups is 2. The molecule has 47 heavy (non-hydrogen) atoms. The number of esters is 1. The van der Waals surface area contributed by atoms with Crippen LogP contribution >= 0.6 is 0 Å². The number of hydrogen-bond donors (Lipinski definition) is 5. The number of aromatic nitrogens is 2. The summed E-state index contributed by atoms with van der Waals surface area (Å²) in [5.74, 6) is -1.09. The molecule has 0 bridgehead atoms. The number of hydrogen-bond acceptors (Lipinski definition) is 11. The number of nitrogens with two attached hydrogens (primary N) is 1. The van der Waals surface area contributed by atoms with E-state index in [9.17, 15) is 29.7 Å². The van der Waals surface area contributed by atoms with Crippen molar-refractivity contribution in [2.24, 2.45) is 10.7 Å². The Balaban J connectivity index is 1.40. The largest absolute Gasteiger partial charge is 0.455 e. The highest BCUT2D eigenvalue weighted by atomic mass is 16.6. The predicted octanol–water partition coefficient (Wildman–Crippen LogP) is 0.511. The number of aliphatic hydroxyl groups is 4. The molecule has 6 rings (SSSR count). The molecule has 0 saturated heterocycles. The highest BCUT2D eigenvalue weighted by molar-refractivity contribution is 6.20. The fourth-order valence-corrected chi connectivity index (χ4v) is 6.23. The van der Waals surface area contributed by atoms with Gasteiger partial charge in [0, 0.05) is 24.2 Å². The molecular weight excluding hydrogens is 606 g/mol. The van der Waals surface area contributed by atoms with Gasteiger partial charge in [-0.15, -0.1) is 0 Å². The number of aliphatic hydroxyl groups excluding tert-OH is 4. The van der Waals surface area contributed by atoms with Gasteiger partial charge in [-0.2, -0.15) is 0 Å². The molecule has 2 aliphatic rings. The van der Waals surface area contributed by atoms with Gasteiger partial charge >= 0.3 is 5.97 Å². The lowest BCUT2D eigenvalue weighted by Gasteiger charge is -2.27. The third-order valence-corrected chi connectivity index (χ3v) is 8.61. The fraction of sp³-hybridized carbons (Fsp3) is 0.324. The van der Waals surface area contributed by atoms with E-state index >= 15 is 0 Å². The zero-order valence-corrected chi connectivity index (χ0v) is 25.8. The molecule has 4 aromatic rings. The molecule has 1 unspecified atom stereocenters. The summed E-state index contributed by atoms with van der Waals surface area (Å²) in [7, 11) is 0. The van der Waals surface area contributed by atoms with Gasteiger partial charge in [0.05, 0.1) is 34.5 Å². The minimum absolute atomic E-state index is 0.0188. The SMILES string of the molecule is Cc1cc2c3c(c1)C(c1ccccc1)=NC(n1c(C)nc4cc(C(=O)O[C@@H](CN)[C@@H](O)[C@H](O)[C@H](O)CO)ccc4c1=O)C(=O)N3CC2. The maximum absolute atomic E-state index is 14.2. The maximum Gasteiger partial charge on any atom is 0.338 e. The first kappa shape index (κ1) is 32.2. The second-order valence-corrected chi connectivity index (χ2v) is 11.8. The summed E-state index contributed by atoms with van der Waals surface area (Å²) in [5, 5.41) is 39.2. The predicted molar refractivity (Wildman–Crippen MR) is 172 cm³/mol. The summed E-state index contributed by atoms with van der Waals surface area (Å²) >= 11 is 0. The van der Waals surface area contributed by atoms with Crippen molar-refractivity contribution >= 4 is 34.2 Å². The Bertz CT molecular complexity index is 1960. The number of amides is 1. The van der Waals surface area contributed by atoms with Gasteiger partial charge in [-0.3, -0.25) is 14.2 Å². The molecule has 0 saturated carbocycles. The fourth-order valence-electron chi connectivity index (χ4n) is 6.23. The van der Waals surface area contributed by atoms with Crippen LogP contribution in [0.15, 0.2) is 70.5 Å².